The first-order valence-corrected chi connectivity index (χ1v) is 7.54. The van der Waals surface area contributed by atoms with Gasteiger partial charge in [-0.1, -0.05) is 19.1 Å². The van der Waals surface area contributed by atoms with Crippen LogP contribution in [0.4, 0.5) is 14.5 Å². The molecule has 104 valence electrons. The number of thioether (sulfide) groups is 1. The van der Waals surface area contributed by atoms with Crippen molar-refractivity contribution in [3.63, 3.8) is 0 Å². The molecule has 2 rings (SSSR count). The Kier molecular flexibility index (Phi) is 4.30. The first-order valence-electron chi connectivity index (χ1n) is 6.09. The summed E-state index contributed by atoms with van der Waals surface area (Å²) in [6.07, 6.45) is 0. The Morgan fingerprint density at radius 1 is 1.37 bits per heavy atom. The molecule has 0 saturated carbocycles. The third kappa shape index (κ3) is 2.84. The predicted octanol–water partition coefficient (Wildman–Crippen LogP) is 2.93. The highest BCUT2D eigenvalue weighted by molar-refractivity contribution is 8.00. The molecule has 1 saturated heterocycles. The zero-order chi connectivity index (χ0) is 14.2. The zero-order valence-corrected chi connectivity index (χ0v) is 12.5. The number of benzene rings is 1. The molecule has 0 aliphatic carbocycles. The minimum Gasteiger partial charge on any atom is -0.389 e. The first-order chi connectivity index (χ1) is 8.91. The fourth-order valence-electron chi connectivity index (χ4n) is 2.23. The maximum atomic E-state index is 14.2. The summed E-state index contributed by atoms with van der Waals surface area (Å²) in [6, 6.07) is 2.50. The lowest BCUT2D eigenvalue weighted by Gasteiger charge is -2.39. The second-order valence-corrected chi connectivity index (χ2v) is 6.59. The Bertz CT molecular complexity index is 484. The number of anilines is 1. The summed E-state index contributed by atoms with van der Waals surface area (Å²) in [4.78, 5) is 1.79. The molecule has 2 unspecified atom stereocenters. The van der Waals surface area contributed by atoms with Crippen LogP contribution in [0.2, 0.25) is 0 Å². The van der Waals surface area contributed by atoms with Crippen LogP contribution in [0, 0.1) is 11.6 Å². The molecule has 1 fully saturated rings. The summed E-state index contributed by atoms with van der Waals surface area (Å²) in [5, 5.41) is 0.336. The maximum absolute atomic E-state index is 14.2. The fourth-order valence-corrected chi connectivity index (χ4v) is 3.45. The number of hydrogen-bond acceptors (Lipinski definition) is 3. The Hall–Kier alpha value is -0.880. The Balaban J connectivity index is 2.42. The number of thiocarbonyl (C=S) groups is 1. The molecule has 2 nitrogen and oxygen atoms in total. The fraction of sp³-hybridized carbons (Fsp3) is 0.462. The molecule has 0 radical (unpaired) electrons. The molecule has 19 heavy (non-hydrogen) atoms. The zero-order valence-electron chi connectivity index (χ0n) is 10.8. The van der Waals surface area contributed by atoms with E-state index in [9.17, 15) is 8.78 Å². The van der Waals surface area contributed by atoms with E-state index in [2.05, 4.69) is 6.92 Å². The minimum atomic E-state index is -0.603. The van der Waals surface area contributed by atoms with E-state index in [-0.39, 0.29) is 22.3 Å². The molecule has 0 amide bonds. The average molecular weight is 302 g/mol. The van der Waals surface area contributed by atoms with Gasteiger partial charge in [0.15, 0.2) is 0 Å². The standard InChI is InChI=1S/C13H16F2N2S2/c1-7-8(2)19-4-3-17(7)12-10(14)5-9(13(16)18)6-11(12)15/h5-8H,3-4H2,1-2H3,(H2,16,18). The second-order valence-electron chi connectivity index (χ2n) is 4.66. The molecular weight excluding hydrogens is 286 g/mol. The monoisotopic (exact) mass is 302 g/mol. The SMILES string of the molecule is CC1SCCN(c2c(F)cc(C(N)=S)cc2F)C1C. The smallest absolute Gasteiger partial charge is 0.150 e. The topological polar surface area (TPSA) is 29.3 Å². The van der Waals surface area contributed by atoms with Crippen LogP contribution in [0.15, 0.2) is 12.1 Å². The van der Waals surface area contributed by atoms with Gasteiger partial charge >= 0.3 is 0 Å². The highest BCUT2D eigenvalue weighted by Gasteiger charge is 2.29. The molecule has 1 aliphatic heterocycles. The molecule has 2 N–H and O–H groups in total. The molecule has 0 spiro atoms. The highest BCUT2D eigenvalue weighted by atomic mass is 32.2. The summed E-state index contributed by atoms with van der Waals surface area (Å²) in [6.45, 7) is 4.69. The van der Waals surface area contributed by atoms with Crippen LogP contribution >= 0.6 is 24.0 Å². The van der Waals surface area contributed by atoms with Gasteiger partial charge in [0, 0.05) is 29.2 Å². The molecule has 2 atom stereocenters. The van der Waals surface area contributed by atoms with Gasteiger partial charge in [0.05, 0.1) is 0 Å². The number of nitrogens with zero attached hydrogens (tertiary/aromatic N) is 1. The highest BCUT2D eigenvalue weighted by Crippen LogP contribution is 2.33. The third-order valence-corrected chi connectivity index (χ3v) is 5.05. The van der Waals surface area contributed by atoms with E-state index >= 15 is 0 Å². The largest absolute Gasteiger partial charge is 0.389 e. The van der Waals surface area contributed by atoms with Gasteiger partial charge in [0.2, 0.25) is 0 Å². The lowest BCUT2D eigenvalue weighted by molar-refractivity contribution is 0.544. The van der Waals surface area contributed by atoms with Gasteiger partial charge in [-0.15, -0.1) is 0 Å². The van der Waals surface area contributed by atoms with Gasteiger partial charge in [-0.3, -0.25) is 0 Å². The number of halogens is 2. The van der Waals surface area contributed by atoms with Gasteiger partial charge in [-0.2, -0.15) is 11.8 Å². The van der Waals surface area contributed by atoms with E-state index < -0.39 is 11.6 Å². The van der Waals surface area contributed by atoms with Crippen LogP contribution in [0.3, 0.4) is 0 Å². The molecular formula is C13H16F2N2S2. The van der Waals surface area contributed by atoms with Crippen molar-refractivity contribution in [3.05, 3.63) is 29.3 Å². The number of nitrogens with two attached hydrogens (primary N) is 1. The van der Waals surface area contributed by atoms with Crippen LogP contribution in [-0.4, -0.2) is 28.6 Å². The van der Waals surface area contributed by atoms with Crippen LogP contribution in [0.25, 0.3) is 0 Å². The van der Waals surface area contributed by atoms with Gasteiger partial charge < -0.3 is 10.6 Å². The van der Waals surface area contributed by atoms with Gasteiger partial charge in [0.25, 0.3) is 0 Å². The average Bonchev–Trinajstić information content (AvgIpc) is 2.33. The van der Waals surface area contributed by atoms with Crippen molar-refractivity contribution in [2.24, 2.45) is 5.73 Å². The second kappa shape index (κ2) is 5.63. The van der Waals surface area contributed by atoms with E-state index in [1.807, 2.05) is 18.7 Å². The van der Waals surface area contributed by atoms with Crippen molar-refractivity contribution in [1.82, 2.24) is 0 Å². The van der Waals surface area contributed by atoms with Crippen molar-refractivity contribution in [2.75, 3.05) is 17.2 Å². The van der Waals surface area contributed by atoms with Gasteiger partial charge in [0.1, 0.15) is 22.3 Å². The van der Waals surface area contributed by atoms with E-state index in [1.165, 1.54) is 12.1 Å². The number of rotatable bonds is 2. The minimum absolute atomic E-state index is 0.0000313. The third-order valence-electron chi connectivity index (χ3n) is 3.47. The number of hydrogen-bond donors (Lipinski definition) is 1. The summed E-state index contributed by atoms with van der Waals surface area (Å²) in [5.41, 5.74) is 5.66. The van der Waals surface area contributed by atoms with Crippen LogP contribution in [-0.2, 0) is 0 Å². The summed E-state index contributed by atoms with van der Waals surface area (Å²) in [5.74, 6) is -0.343. The molecule has 6 heteroatoms. The first kappa shape index (κ1) is 14.5. The maximum Gasteiger partial charge on any atom is 0.150 e. The van der Waals surface area contributed by atoms with Crippen molar-refractivity contribution >= 4 is 34.7 Å². The predicted molar refractivity (Wildman–Crippen MR) is 81.0 cm³/mol. The van der Waals surface area contributed by atoms with Crippen LogP contribution < -0.4 is 10.6 Å². The van der Waals surface area contributed by atoms with Crippen molar-refractivity contribution in [2.45, 2.75) is 25.1 Å². The van der Waals surface area contributed by atoms with Crippen LogP contribution in [0.1, 0.15) is 19.4 Å². The van der Waals surface area contributed by atoms with E-state index in [0.717, 1.165) is 5.75 Å². The summed E-state index contributed by atoms with van der Waals surface area (Å²) < 4.78 is 28.3. The van der Waals surface area contributed by atoms with Crippen molar-refractivity contribution in [3.8, 4) is 0 Å². The Morgan fingerprint density at radius 2 is 1.95 bits per heavy atom. The van der Waals surface area contributed by atoms with E-state index in [1.54, 1.807) is 4.90 Å². The van der Waals surface area contributed by atoms with E-state index in [4.69, 9.17) is 18.0 Å². The molecule has 1 heterocycles. The molecule has 1 aromatic rings. The van der Waals surface area contributed by atoms with Crippen LogP contribution in [0.5, 0.6) is 0 Å². The molecule has 0 aromatic heterocycles. The Morgan fingerprint density at radius 3 is 2.47 bits per heavy atom. The summed E-state index contributed by atoms with van der Waals surface area (Å²) >= 11 is 6.57. The molecule has 1 aliphatic rings. The van der Waals surface area contributed by atoms with Crippen molar-refractivity contribution in [1.29, 1.82) is 0 Å². The lowest BCUT2D eigenvalue weighted by atomic mass is 10.1. The van der Waals surface area contributed by atoms with Gasteiger partial charge in [-0.25, -0.2) is 8.78 Å². The molecule has 0 bridgehead atoms. The summed E-state index contributed by atoms with van der Waals surface area (Å²) in [7, 11) is 0. The normalized spacial score (nSPS) is 23.5. The Labute approximate surface area is 121 Å². The van der Waals surface area contributed by atoms with E-state index in [0.29, 0.717) is 11.8 Å². The van der Waals surface area contributed by atoms with Crippen molar-refractivity contribution < 1.29 is 8.78 Å². The lowest BCUT2D eigenvalue weighted by Crippen LogP contribution is -2.45. The quantitative estimate of drug-likeness (QED) is 0.851. The molecule has 1 aromatic carbocycles. The van der Waals surface area contributed by atoms with Gasteiger partial charge in [-0.05, 0) is 19.1 Å².